The summed E-state index contributed by atoms with van der Waals surface area (Å²) in [5.41, 5.74) is 0. The van der Waals surface area contributed by atoms with E-state index in [-0.39, 0.29) is 16.2 Å². The molecular formula is C11H25NO2SSi. The predicted molar refractivity (Wildman–Crippen MR) is 71.4 cm³/mol. The van der Waals surface area contributed by atoms with Gasteiger partial charge < -0.3 is 0 Å². The number of nitrogens with zero attached hydrogens (tertiary/aromatic N) is 1. The Morgan fingerprint density at radius 1 is 1.25 bits per heavy atom. The number of rotatable bonds is 2. The highest BCUT2D eigenvalue weighted by molar-refractivity contribution is 7.92. The van der Waals surface area contributed by atoms with Crippen molar-refractivity contribution < 1.29 is 8.42 Å². The second-order valence-electron chi connectivity index (χ2n) is 6.67. The molecule has 1 aliphatic rings. The average molecular weight is 263 g/mol. The van der Waals surface area contributed by atoms with Crippen LogP contribution in [-0.4, -0.2) is 32.4 Å². The molecule has 16 heavy (non-hydrogen) atoms. The van der Waals surface area contributed by atoms with Crippen molar-refractivity contribution in [2.45, 2.75) is 58.0 Å². The van der Waals surface area contributed by atoms with Gasteiger partial charge in [0.25, 0.3) is 0 Å². The zero-order valence-electron chi connectivity index (χ0n) is 11.5. The molecule has 0 aromatic carbocycles. The summed E-state index contributed by atoms with van der Waals surface area (Å²) in [5.74, 6) is 0.228. The zero-order chi connectivity index (χ0) is 12.9. The van der Waals surface area contributed by atoms with Gasteiger partial charge in [0, 0.05) is 6.54 Å². The van der Waals surface area contributed by atoms with E-state index in [1.165, 1.54) is 0 Å². The van der Waals surface area contributed by atoms with Gasteiger partial charge in [-0.1, -0.05) is 47.7 Å². The topological polar surface area (TPSA) is 37.4 Å². The van der Waals surface area contributed by atoms with E-state index in [1.54, 1.807) is 0 Å². The maximum Gasteiger partial charge on any atom is 0.212 e. The van der Waals surface area contributed by atoms with Gasteiger partial charge in [-0.05, 0) is 11.0 Å². The Balaban J connectivity index is 2.98. The fraction of sp³-hybridized carbons (Fsp3) is 1.00. The quantitative estimate of drug-likeness (QED) is 0.718. The fourth-order valence-corrected chi connectivity index (χ4v) is 8.68. The predicted octanol–water partition coefficient (Wildman–Crippen LogP) is 2.66. The summed E-state index contributed by atoms with van der Waals surface area (Å²) in [5, 5.41) is -0.0659. The summed E-state index contributed by atoms with van der Waals surface area (Å²) in [4.78, 5) is 0. The van der Waals surface area contributed by atoms with E-state index < -0.39 is 18.3 Å². The number of sulfonamides is 1. The van der Waals surface area contributed by atoms with Gasteiger partial charge in [-0.15, -0.1) is 0 Å². The Labute approximate surface area is 101 Å². The molecule has 0 N–H and O–H groups in total. The highest BCUT2D eigenvalue weighted by atomic mass is 32.2. The van der Waals surface area contributed by atoms with E-state index in [4.69, 9.17) is 0 Å². The van der Waals surface area contributed by atoms with Crippen LogP contribution in [0.5, 0.6) is 0 Å². The normalized spacial score (nSPS) is 26.9. The van der Waals surface area contributed by atoms with Crippen LogP contribution in [0.25, 0.3) is 0 Å². The summed E-state index contributed by atoms with van der Waals surface area (Å²) in [7, 11) is -4.91. The Bertz CT molecular complexity index is 368. The molecule has 0 bridgehead atoms. The molecular weight excluding hydrogens is 238 g/mol. The van der Waals surface area contributed by atoms with E-state index >= 15 is 0 Å². The van der Waals surface area contributed by atoms with Crippen LogP contribution in [0.15, 0.2) is 0 Å². The largest absolute Gasteiger partial charge is 0.222 e. The average Bonchev–Trinajstić information content (AvgIpc) is 1.98. The van der Waals surface area contributed by atoms with Crippen molar-refractivity contribution in [3.8, 4) is 0 Å². The van der Waals surface area contributed by atoms with Crippen molar-refractivity contribution in [1.29, 1.82) is 0 Å². The van der Waals surface area contributed by atoms with Crippen LogP contribution in [0.3, 0.4) is 0 Å². The first-order valence-electron chi connectivity index (χ1n) is 5.94. The highest BCUT2D eigenvalue weighted by Crippen LogP contribution is 2.44. The Kier molecular flexibility index (Phi) is 3.38. The molecule has 1 heterocycles. The van der Waals surface area contributed by atoms with Crippen LogP contribution in [0.4, 0.5) is 0 Å². The van der Waals surface area contributed by atoms with E-state index in [0.717, 1.165) is 6.54 Å². The van der Waals surface area contributed by atoms with Crippen molar-refractivity contribution in [3.63, 3.8) is 0 Å². The molecule has 1 saturated heterocycles. The third kappa shape index (κ3) is 1.97. The first-order valence-corrected chi connectivity index (χ1v) is 10.4. The smallest absolute Gasteiger partial charge is 0.212 e. The molecule has 0 amide bonds. The van der Waals surface area contributed by atoms with Crippen molar-refractivity contribution in [1.82, 2.24) is 3.97 Å². The minimum Gasteiger partial charge on any atom is -0.222 e. The summed E-state index contributed by atoms with van der Waals surface area (Å²) in [6, 6.07) is 0. The molecule has 1 aliphatic heterocycles. The molecule has 0 aliphatic carbocycles. The first kappa shape index (κ1) is 14.2. The van der Waals surface area contributed by atoms with Crippen molar-refractivity contribution in [2.24, 2.45) is 5.92 Å². The van der Waals surface area contributed by atoms with E-state index in [9.17, 15) is 8.42 Å². The Morgan fingerprint density at radius 3 is 1.94 bits per heavy atom. The van der Waals surface area contributed by atoms with Crippen LogP contribution < -0.4 is 0 Å². The van der Waals surface area contributed by atoms with Gasteiger partial charge >= 0.3 is 0 Å². The molecule has 0 aromatic rings. The molecule has 1 atom stereocenters. The molecule has 96 valence electrons. The van der Waals surface area contributed by atoms with Crippen LogP contribution in [0.1, 0.15) is 34.6 Å². The van der Waals surface area contributed by atoms with Crippen LogP contribution >= 0.6 is 0 Å². The maximum atomic E-state index is 12.2. The monoisotopic (exact) mass is 263 g/mol. The molecule has 3 nitrogen and oxygen atoms in total. The second-order valence-corrected chi connectivity index (χ2v) is 14.2. The van der Waals surface area contributed by atoms with Gasteiger partial charge in [0.05, 0.1) is 5.25 Å². The molecule has 0 aromatic heterocycles. The molecule has 1 fully saturated rings. The second kappa shape index (κ2) is 3.82. The molecule has 0 radical (unpaired) electrons. The summed E-state index contributed by atoms with van der Waals surface area (Å²) < 4.78 is 26.3. The summed E-state index contributed by atoms with van der Waals surface area (Å²) in [6.45, 7) is 15.5. The zero-order valence-corrected chi connectivity index (χ0v) is 13.4. The standard InChI is InChI=1S/C11H25NO2SSi/c1-9(2)10-8-12(15(10,13)14)16(6,7)11(3,4)5/h9-10H,8H2,1-7H3. The van der Waals surface area contributed by atoms with Gasteiger partial charge in [-0.3, -0.25) is 0 Å². The third-order valence-electron chi connectivity index (χ3n) is 4.24. The Hall–Kier alpha value is 0.127. The molecule has 5 heteroatoms. The van der Waals surface area contributed by atoms with Crippen molar-refractivity contribution >= 4 is 18.3 Å². The van der Waals surface area contributed by atoms with E-state index in [0.29, 0.717) is 0 Å². The third-order valence-corrected chi connectivity index (χ3v) is 13.7. The number of hydrogen-bond donors (Lipinski definition) is 0. The fourth-order valence-electron chi connectivity index (χ4n) is 1.92. The van der Waals surface area contributed by atoms with E-state index in [2.05, 4.69) is 33.9 Å². The summed E-state index contributed by atoms with van der Waals surface area (Å²) >= 11 is 0. The first-order chi connectivity index (χ1) is 6.92. The lowest BCUT2D eigenvalue weighted by atomic mass is 10.1. The van der Waals surface area contributed by atoms with Crippen LogP contribution in [0, 0.1) is 5.92 Å². The maximum absolute atomic E-state index is 12.2. The minimum absolute atomic E-state index is 0.0853. The minimum atomic E-state index is -3.01. The van der Waals surface area contributed by atoms with Crippen LogP contribution in [-0.2, 0) is 10.0 Å². The molecule has 0 saturated carbocycles. The van der Waals surface area contributed by atoms with E-state index in [1.807, 2.05) is 17.8 Å². The van der Waals surface area contributed by atoms with Crippen molar-refractivity contribution in [3.05, 3.63) is 0 Å². The lowest BCUT2D eigenvalue weighted by Gasteiger charge is -2.53. The molecule has 1 rings (SSSR count). The highest BCUT2D eigenvalue weighted by Gasteiger charge is 2.56. The SMILES string of the molecule is CC(C)C1CN([Si](C)(C)C(C)(C)C)S1(=O)=O. The molecule has 1 unspecified atom stereocenters. The van der Waals surface area contributed by atoms with Gasteiger partial charge in [0.1, 0.15) is 8.24 Å². The van der Waals surface area contributed by atoms with Gasteiger partial charge in [0.15, 0.2) is 0 Å². The van der Waals surface area contributed by atoms with Gasteiger partial charge in [-0.2, -0.15) is 0 Å². The molecule has 0 spiro atoms. The summed E-state index contributed by atoms with van der Waals surface area (Å²) in [6.07, 6.45) is 0. The van der Waals surface area contributed by atoms with Crippen molar-refractivity contribution in [2.75, 3.05) is 6.54 Å². The lowest BCUT2D eigenvalue weighted by molar-refractivity contribution is 0.382. The Morgan fingerprint density at radius 2 is 1.69 bits per heavy atom. The van der Waals surface area contributed by atoms with Crippen LogP contribution in [0.2, 0.25) is 18.1 Å². The number of hydrogen-bond acceptors (Lipinski definition) is 2. The van der Waals surface area contributed by atoms with Gasteiger partial charge in [0.2, 0.25) is 10.0 Å². The van der Waals surface area contributed by atoms with Gasteiger partial charge in [-0.25, -0.2) is 12.4 Å². The lowest BCUT2D eigenvalue weighted by Crippen LogP contribution is -2.69.